The lowest BCUT2D eigenvalue weighted by Gasteiger charge is -2.22. The summed E-state index contributed by atoms with van der Waals surface area (Å²) in [7, 11) is 0. The molecule has 0 bridgehead atoms. The highest BCUT2D eigenvalue weighted by molar-refractivity contribution is 5.14. The van der Waals surface area contributed by atoms with Crippen molar-refractivity contribution in [2.75, 3.05) is 0 Å². The zero-order valence-corrected chi connectivity index (χ0v) is 6.67. The molecule has 1 unspecified atom stereocenters. The fourth-order valence-electron chi connectivity index (χ4n) is 0.793. The Labute approximate surface area is 69.4 Å². The third-order valence-corrected chi connectivity index (χ3v) is 1.67. The van der Waals surface area contributed by atoms with Gasteiger partial charge < -0.3 is 5.73 Å². The Kier molecular flexibility index (Phi) is 2.38. The van der Waals surface area contributed by atoms with Crippen molar-refractivity contribution in [3.63, 3.8) is 0 Å². The third-order valence-electron chi connectivity index (χ3n) is 1.67. The monoisotopic (exact) mass is 172 g/mol. The van der Waals surface area contributed by atoms with Gasteiger partial charge in [-0.2, -0.15) is 0 Å². The van der Waals surface area contributed by atoms with E-state index in [1.165, 1.54) is 19.2 Å². The highest BCUT2D eigenvalue weighted by Gasteiger charge is 2.33. The van der Waals surface area contributed by atoms with Gasteiger partial charge in [0.25, 0.3) is 6.43 Å². The van der Waals surface area contributed by atoms with E-state index in [0.717, 1.165) is 0 Å². The molecule has 2 N–H and O–H groups in total. The number of alkyl halides is 2. The lowest BCUT2D eigenvalue weighted by Crippen LogP contribution is -2.41. The molecular weight excluding hydrogens is 162 g/mol. The minimum atomic E-state index is -2.60. The van der Waals surface area contributed by atoms with Crippen LogP contribution in [0.3, 0.4) is 0 Å². The zero-order valence-electron chi connectivity index (χ0n) is 6.67. The number of hydrogen-bond acceptors (Lipinski definition) is 2. The fraction of sp³-hybridized carbons (Fsp3) is 0.375. The Hall–Kier alpha value is -1.03. The van der Waals surface area contributed by atoms with Gasteiger partial charge in [0.2, 0.25) is 0 Å². The van der Waals surface area contributed by atoms with Gasteiger partial charge in [-0.3, -0.25) is 4.98 Å². The van der Waals surface area contributed by atoms with Gasteiger partial charge in [0.15, 0.2) is 0 Å². The maximum absolute atomic E-state index is 12.3. The van der Waals surface area contributed by atoms with Crippen LogP contribution in [-0.2, 0) is 5.54 Å². The molecule has 1 atom stereocenters. The predicted molar refractivity (Wildman–Crippen MR) is 41.8 cm³/mol. The van der Waals surface area contributed by atoms with Crippen molar-refractivity contribution in [1.29, 1.82) is 0 Å². The van der Waals surface area contributed by atoms with Crippen molar-refractivity contribution in [2.24, 2.45) is 5.73 Å². The predicted octanol–water partition coefficient (Wildman–Crippen LogP) is 1.52. The smallest absolute Gasteiger partial charge is 0.261 e. The average molecular weight is 172 g/mol. The molecule has 1 rings (SSSR count). The van der Waals surface area contributed by atoms with Crippen molar-refractivity contribution >= 4 is 0 Å². The Balaban J connectivity index is 2.98. The van der Waals surface area contributed by atoms with Crippen molar-refractivity contribution in [3.8, 4) is 0 Å². The molecule has 66 valence electrons. The molecule has 2 nitrogen and oxygen atoms in total. The van der Waals surface area contributed by atoms with Crippen LogP contribution in [0, 0.1) is 0 Å². The van der Waals surface area contributed by atoms with Gasteiger partial charge in [-0.15, -0.1) is 0 Å². The molecular formula is C8H10F2N2. The van der Waals surface area contributed by atoms with Crippen LogP contribution < -0.4 is 5.73 Å². The van der Waals surface area contributed by atoms with E-state index in [2.05, 4.69) is 4.98 Å². The van der Waals surface area contributed by atoms with E-state index < -0.39 is 12.0 Å². The summed E-state index contributed by atoms with van der Waals surface area (Å²) < 4.78 is 24.7. The fourth-order valence-corrected chi connectivity index (χ4v) is 0.793. The Morgan fingerprint density at radius 2 is 2.17 bits per heavy atom. The Morgan fingerprint density at radius 1 is 1.50 bits per heavy atom. The SMILES string of the molecule is CC(N)(c1ccccn1)C(F)F. The minimum Gasteiger partial charge on any atom is -0.316 e. The molecule has 1 heterocycles. The van der Waals surface area contributed by atoms with Gasteiger partial charge in [0.1, 0.15) is 5.54 Å². The van der Waals surface area contributed by atoms with E-state index in [-0.39, 0.29) is 5.69 Å². The van der Waals surface area contributed by atoms with Crippen molar-refractivity contribution in [3.05, 3.63) is 30.1 Å². The number of halogens is 2. The minimum absolute atomic E-state index is 0.208. The molecule has 0 aliphatic rings. The molecule has 1 aromatic rings. The van der Waals surface area contributed by atoms with E-state index in [9.17, 15) is 8.78 Å². The summed E-state index contributed by atoms with van der Waals surface area (Å²) in [5.41, 5.74) is 3.93. The van der Waals surface area contributed by atoms with E-state index in [4.69, 9.17) is 5.73 Å². The molecule has 0 spiro atoms. The summed E-state index contributed by atoms with van der Waals surface area (Å²) in [4.78, 5) is 3.77. The highest BCUT2D eigenvalue weighted by atomic mass is 19.3. The number of rotatable bonds is 2. The van der Waals surface area contributed by atoms with Crippen LogP contribution in [0.25, 0.3) is 0 Å². The second kappa shape index (κ2) is 3.15. The van der Waals surface area contributed by atoms with E-state index >= 15 is 0 Å². The second-order valence-electron chi connectivity index (χ2n) is 2.80. The van der Waals surface area contributed by atoms with Gasteiger partial charge in [-0.05, 0) is 19.1 Å². The molecule has 0 saturated heterocycles. The van der Waals surface area contributed by atoms with Crippen LogP contribution in [0.5, 0.6) is 0 Å². The third kappa shape index (κ3) is 1.58. The maximum atomic E-state index is 12.3. The normalized spacial score (nSPS) is 16.1. The standard InChI is InChI=1S/C8H10F2N2/c1-8(11,7(9)10)6-4-2-3-5-12-6/h2-5,7H,11H2,1H3. The maximum Gasteiger partial charge on any atom is 0.261 e. The van der Waals surface area contributed by atoms with Gasteiger partial charge in [-0.25, -0.2) is 8.78 Å². The van der Waals surface area contributed by atoms with Crippen LogP contribution in [-0.4, -0.2) is 11.4 Å². The largest absolute Gasteiger partial charge is 0.316 e. The first-order valence-corrected chi connectivity index (χ1v) is 3.53. The van der Waals surface area contributed by atoms with Crippen molar-refractivity contribution < 1.29 is 8.78 Å². The van der Waals surface area contributed by atoms with Crippen LogP contribution in [0.4, 0.5) is 8.78 Å². The van der Waals surface area contributed by atoms with Crippen molar-refractivity contribution in [2.45, 2.75) is 18.9 Å². The van der Waals surface area contributed by atoms with Gasteiger partial charge in [-0.1, -0.05) is 6.07 Å². The zero-order chi connectivity index (χ0) is 9.19. The molecule has 12 heavy (non-hydrogen) atoms. The topological polar surface area (TPSA) is 38.9 Å². The second-order valence-corrected chi connectivity index (χ2v) is 2.80. The summed E-state index contributed by atoms with van der Waals surface area (Å²) in [5, 5.41) is 0. The molecule has 0 saturated carbocycles. The summed E-state index contributed by atoms with van der Waals surface area (Å²) in [6.07, 6.45) is -1.16. The molecule has 4 heteroatoms. The highest BCUT2D eigenvalue weighted by Crippen LogP contribution is 2.22. The molecule has 0 aliphatic carbocycles. The number of pyridine rings is 1. The van der Waals surface area contributed by atoms with E-state index in [0.29, 0.717) is 0 Å². The summed E-state index contributed by atoms with van der Waals surface area (Å²) in [5.74, 6) is 0. The summed E-state index contributed by atoms with van der Waals surface area (Å²) in [6, 6.07) is 4.78. The van der Waals surface area contributed by atoms with Crippen LogP contribution in [0.15, 0.2) is 24.4 Å². The number of nitrogens with zero attached hydrogens (tertiary/aromatic N) is 1. The van der Waals surface area contributed by atoms with E-state index in [1.54, 1.807) is 12.1 Å². The number of hydrogen-bond donors (Lipinski definition) is 1. The molecule has 0 aliphatic heterocycles. The first-order valence-electron chi connectivity index (χ1n) is 3.53. The lowest BCUT2D eigenvalue weighted by atomic mass is 10.00. The Morgan fingerprint density at radius 3 is 2.58 bits per heavy atom. The Bertz CT molecular complexity index is 246. The lowest BCUT2D eigenvalue weighted by molar-refractivity contribution is 0.0602. The first-order chi connectivity index (χ1) is 5.55. The quantitative estimate of drug-likeness (QED) is 0.734. The van der Waals surface area contributed by atoms with Crippen LogP contribution in [0.1, 0.15) is 12.6 Å². The summed E-state index contributed by atoms with van der Waals surface area (Å²) >= 11 is 0. The molecule has 0 amide bonds. The molecule has 1 aromatic heterocycles. The molecule has 0 radical (unpaired) electrons. The number of nitrogens with two attached hydrogens (primary N) is 1. The molecule has 0 fully saturated rings. The van der Waals surface area contributed by atoms with Gasteiger partial charge in [0.05, 0.1) is 5.69 Å². The van der Waals surface area contributed by atoms with E-state index in [1.807, 2.05) is 0 Å². The number of aromatic nitrogens is 1. The van der Waals surface area contributed by atoms with Gasteiger partial charge >= 0.3 is 0 Å². The average Bonchev–Trinajstić information content (AvgIpc) is 2.06. The van der Waals surface area contributed by atoms with Crippen LogP contribution >= 0.6 is 0 Å². The van der Waals surface area contributed by atoms with Crippen LogP contribution in [0.2, 0.25) is 0 Å². The molecule has 0 aromatic carbocycles. The first kappa shape index (κ1) is 9.06. The summed E-state index contributed by atoms with van der Waals surface area (Å²) in [6.45, 7) is 1.26. The van der Waals surface area contributed by atoms with Gasteiger partial charge in [0, 0.05) is 6.20 Å². The van der Waals surface area contributed by atoms with Crippen molar-refractivity contribution in [1.82, 2.24) is 4.98 Å².